The van der Waals surface area contributed by atoms with Gasteiger partial charge in [-0.05, 0) is 39.0 Å². The molecule has 2 fully saturated rings. The van der Waals surface area contributed by atoms with E-state index < -0.39 is 16.4 Å². The first-order valence-corrected chi connectivity index (χ1v) is 7.12. The van der Waals surface area contributed by atoms with Gasteiger partial charge in [-0.25, -0.2) is 0 Å². The second kappa shape index (κ2) is 4.52. The molecule has 0 aromatic heterocycles. The van der Waals surface area contributed by atoms with E-state index in [4.69, 9.17) is 4.74 Å². The van der Waals surface area contributed by atoms with Gasteiger partial charge in [-0.2, -0.15) is 0 Å². The zero-order valence-electron chi connectivity index (χ0n) is 9.28. The molecule has 1 N–H and O–H groups in total. The Kier molecular flexibility index (Phi) is 3.48. The molecule has 2 aliphatic rings. The average molecular weight is 232 g/mol. The molecule has 3 nitrogen and oxygen atoms in total. The van der Waals surface area contributed by atoms with E-state index in [1.54, 1.807) is 0 Å². The van der Waals surface area contributed by atoms with E-state index in [0.717, 1.165) is 12.8 Å². The van der Waals surface area contributed by atoms with Crippen LogP contribution in [0.2, 0.25) is 0 Å². The predicted molar refractivity (Wildman–Crippen MR) is 60.2 cm³/mol. The van der Waals surface area contributed by atoms with Crippen LogP contribution < -0.4 is 0 Å². The first-order chi connectivity index (χ1) is 7.14. The summed E-state index contributed by atoms with van der Waals surface area (Å²) in [5, 5.41) is 10.9. The molecule has 88 valence electrons. The van der Waals surface area contributed by atoms with Crippen LogP contribution in [0.25, 0.3) is 0 Å². The normalized spacial score (nSPS) is 44.5. The average Bonchev–Trinajstić information content (AvgIpc) is 2.44. The highest BCUT2D eigenvalue weighted by atomic mass is 32.2. The molecule has 0 aliphatic carbocycles. The lowest BCUT2D eigenvalue weighted by molar-refractivity contribution is -0.0116. The molecular formula is C11H20O3S. The second-order valence-electron chi connectivity index (χ2n) is 4.73. The summed E-state index contributed by atoms with van der Waals surface area (Å²) in [6, 6.07) is 0. The third-order valence-corrected chi connectivity index (χ3v) is 5.72. The molecule has 2 unspecified atom stereocenters. The van der Waals surface area contributed by atoms with Crippen LogP contribution in [0.5, 0.6) is 0 Å². The Labute approximate surface area is 93.7 Å². The number of hydrogen-bond acceptors (Lipinski definition) is 3. The molecule has 0 spiro atoms. The van der Waals surface area contributed by atoms with Crippen LogP contribution in [0.1, 0.15) is 39.0 Å². The summed E-state index contributed by atoms with van der Waals surface area (Å²) in [5.41, 5.74) is -0.602. The largest absolute Gasteiger partial charge is 0.390 e. The van der Waals surface area contributed by atoms with Gasteiger partial charge >= 0.3 is 0 Å². The minimum Gasteiger partial charge on any atom is -0.390 e. The second-order valence-corrected chi connectivity index (χ2v) is 6.72. The van der Waals surface area contributed by atoms with Crippen molar-refractivity contribution < 1.29 is 14.1 Å². The minimum atomic E-state index is -0.673. The molecule has 2 atom stereocenters. The van der Waals surface area contributed by atoms with E-state index in [1.165, 1.54) is 0 Å². The van der Waals surface area contributed by atoms with Crippen molar-refractivity contribution in [1.82, 2.24) is 0 Å². The summed E-state index contributed by atoms with van der Waals surface area (Å²) < 4.78 is 17.1. The third-order valence-electron chi connectivity index (χ3n) is 3.60. The summed E-state index contributed by atoms with van der Waals surface area (Å²) in [7, 11) is -0.673. The summed E-state index contributed by atoms with van der Waals surface area (Å²) in [6.07, 6.45) is 4.19. The van der Waals surface area contributed by atoms with Crippen LogP contribution in [-0.4, -0.2) is 38.6 Å². The fourth-order valence-corrected chi connectivity index (χ4v) is 5.02. The zero-order valence-corrected chi connectivity index (χ0v) is 10.1. The molecule has 0 amide bonds. The molecule has 0 aromatic carbocycles. The van der Waals surface area contributed by atoms with E-state index in [1.807, 2.05) is 6.92 Å². The molecule has 15 heavy (non-hydrogen) atoms. The molecule has 2 rings (SSSR count). The Morgan fingerprint density at radius 1 is 1.40 bits per heavy atom. The van der Waals surface area contributed by atoms with Crippen molar-refractivity contribution in [2.45, 2.75) is 55.1 Å². The zero-order chi connectivity index (χ0) is 10.9. The van der Waals surface area contributed by atoms with Crippen LogP contribution in [0.4, 0.5) is 0 Å². The van der Waals surface area contributed by atoms with E-state index in [9.17, 15) is 9.32 Å². The highest BCUT2D eigenvalue weighted by Crippen LogP contribution is 2.42. The first-order valence-electron chi connectivity index (χ1n) is 5.84. The maximum atomic E-state index is 11.8. The number of rotatable bonds is 4. The lowest BCUT2D eigenvalue weighted by atomic mass is 9.90. The van der Waals surface area contributed by atoms with Crippen LogP contribution in [0.15, 0.2) is 0 Å². The third kappa shape index (κ3) is 2.43. The number of aliphatic hydroxyl groups is 1. The van der Waals surface area contributed by atoms with Gasteiger partial charge in [0, 0.05) is 34.5 Å². The fraction of sp³-hybridized carbons (Fsp3) is 1.00. The summed E-state index contributed by atoms with van der Waals surface area (Å²) >= 11 is 0. The number of ether oxygens (including phenoxy) is 1. The Balaban J connectivity index is 1.91. The van der Waals surface area contributed by atoms with Gasteiger partial charge in [-0.15, -0.1) is 0 Å². The lowest BCUT2D eigenvalue weighted by Gasteiger charge is -2.35. The minimum absolute atomic E-state index is 0.246. The van der Waals surface area contributed by atoms with Crippen molar-refractivity contribution in [3.8, 4) is 0 Å². The van der Waals surface area contributed by atoms with Crippen molar-refractivity contribution in [3.05, 3.63) is 0 Å². The maximum absolute atomic E-state index is 11.8. The molecular weight excluding hydrogens is 212 g/mol. The van der Waals surface area contributed by atoms with Gasteiger partial charge in [0.25, 0.3) is 0 Å². The fourth-order valence-electron chi connectivity index (χ4n) is 2.79. The number of fused-ring (bicyclic) bond motifs is 2. The van der Waals surface area contributed by atoms with Gasteiger partial charge in [-0.1, -0.05) is 0 Å². The van der Waals surface area contributed by atoms with Crippen molar-refractivity contribution >= 4 is 10.8 Å². The maximum Gasteiger partial charge on any atom is 0.0692 e. The van der Waals surface area contributed by atoms with Crippen molar-refractivity contribution in [2.24, 2.45) is 0 Å². The summed E-state index contributed by atoms with van der Waals surface area (Å²) in [4.78, 5) is 0. The molecule has 2 saturated heterocycles. The van der Waals surface area contributed by atoms with Crippen molar-refractivity contribution in [3.63, 3.8) is 0 Å². The molecule has 4 heteroatoms. The lowest BCUT2D eigenvalue weighted by Crippen LogP contribution is -2.43. The van der Waals surface area contributed by atoms with Gasteiger partial charge in [0.15, 0.2) is 0 Å². The molecule has 0 aromatic rings. The van der Waals surface area contributed by atoms with Gasteiger partial charge in [0.1, 0.15) is 0 Å². The van der Waals surface area contributed by atoms with Gasteiger partial charge in [0.05, 0.1) is 5.60 Å². The molecule has 2 heterocycles. The summed E-state index contributed by atoms with van der Waals surface area (Å²) in [5.74, 6) is 0. The Hall–Kier alpha value is 0.0700. The Bertz CT molecular complexity index is 238. The van der Waals surface area contributed by atoms with Crippen molar-refractivity contribution in [1.29, 1.82) is 0 Å². The smallest absolute Gasteiger partial charge is 0.0692 e. The van der Waals surface area contributed by atoms with Gasteiger partial charge in [-0.3, -0.25) is 4.21 Å². The predicted octanol–water partition coefficient (Wildman–Crippen LogP) is 1.22. The molecule has 2 bridgehead atoms. The van der Waals surface area contributed by atoms with Crippen LogP contribution in [0.3, 0.4) is 0 Å². The van der Waals surface area contributed by atoms with E-state index in [2.05, 4.69) is 0 Å². The standard InChI is InChI=1S/C11H20O3S/c1-2-14-6-5-11(12)7-9-3-4-10(8-11)15(9)13/h9-10,12H,2-8H2,1H3. The SMILES string of the molecule is CCOCCC1(O)CC2CCC(C1)S2=O. The summed E-state index contributed by atoms with van der Waals surface area (Å²) in [6.45, 7) is 3.29. The van der Waals surface area contributed by atoms with Crippen LogP contribution in [-0.2, 0) is 15.5 Å². The van der Waals surface area contributed by atoms with E-state index in [-0.39, 0.29) is 10.5 Å². The van der Waals surface area contributed by atoms with Crippen LogP contribution >= 0.6 is 0 Å². The quantitative estimate of drug-likeness (QED) is 0.741. The number of hydrogen-bond donors (Lipinski definition) is 1. The van der Waals surface area contributed by atoms with Crippen LogP contribution in [0, 0.1) is 0 Å². The molecule has 0 saturated carbocycles. The Morgan fingerprint density at radius 3 is 2.53 bits per heavy atom. The van der Waals surface area contributed by atoms with Crippen molar-refractivity contribution in [2.75, 3.05) is 13.2 Å². The van der Waals surface area contributed by atoms with E-state index >= 15 is 0 Å². The Morgan fingerprint density at radius 2 is 2.00 bits per heavy atom. The highest BCUT2D eigenvalue weighted by molar-refractivity contribution is 7.86. The topological polar surface area (TPSA) is 46.5 Å². The first kappa shape index (κ1) is 11.6. The molecule has 2 aliphatic heterocycles. The highest BCUT2D eigenvalue weighted by Gasteiger charge is 2.47. The van der Waals surface area contributed by atoms with Gasteiger partial charge < -0.3 is 9.84 Å². The van der Waals surface area contributed by atoms with E-state index in [0.29, 0.717) is 32.5 Å². The monoisotopic (exact) mass is 232 g/mol. The molecule has 0 radical (unpaired) electrons. The van der Waals surface area contributed by atoms with Gasteiger partial charge in [0.2, 0.25) is 0 Å².